The minimum atomic E-state index is -0.267. The number of rotatable bonds is 2. The van der Waals surface area contributed by atoms with Gasteiger partial charge in [-0.1, -0.05) is 25.1 Å². The maximum atomic E-state index is 12.0. The van der Waals surface area contributed by atoms with Crippen molar-refractivity contribution < 1.29 is 4.79 Å². The number of anilines is 1. The third kappa shape index (κ3) is 1.38. The predicted octanol–water partition coefficient (Wildman–Crippen LogP) is 2.22. The van der Waals surface area contributed by atoms with Crippen molar-refractivity contribution in [1.29, 1.82) is 5.26 Å². The van der Waals surface area contributed by atoms with Gasteiger partial charge in [0.1, 0.15) is 0 Å². The SMILES string of the molecule is CCc1cccc2c1N(C)C(=O)C2CC#N. The van der Waals surface area contributed by atoms with Crippen molar-refractivity contribution in [2.45, 2.75) is 25.7 Å². The molecule has 1 aromatic rings. The second-order valence-electron chi connectivity index (χ2n) is 4.02. The molecular formula is C13H14N2O. The first kappa shape index (κ1) is 10.7. The van der Waals surface area contributed by atoms with Crippen LogP contribution in [0.4, 0.5) is 5.69 Å². The van der Waals surface area contributed by atoms with Crippen LogP contribution in [0.5, 0.6) is 0 Å². The lowest BCUT2D eigenvalue weighted by molar-refractivity contribution is -0.118. The highest BCUT2D eigenvalue weighted by Crippen LogP contribution is 2.40. The Morgan fingerprint density at radius 1 is 1.50 bits per heavy atom. The van der Waals surface area contributed by atoms with Crippen molar-refractivity contribution in [2.75, 3.05) is 11.9 Å². The van der Waals surface area contributed by atoms with Gasteiger partial charge < -0.3 is 4.90 Å². The Kier molecular flexibility index (Phi) is 2.66. The molecule has 0 aromatic heterocycles. The Hall–Kier alpha value is -1.82. The molecule has 1 aliphatic rings. The van der Waals surface area contributed by atoms with Gasteiger partial charge in [-0.05, 0) is 17.5 Å². The normalized spacial score (nSPS) is 18.4. The number of hydrogen-bond donors (Lipinski definition) is 0. The van der Waals surface area contributed by atoms with Crippen LogP contribution in [0.3, 0.4) is 0 Å². The molecule has 1 heterocycles. The summed E-state index contributed by atoms with van der Waals surface area (Å²) in [6.07, 6.45) is 1.17. The zero-order valence-electron chi connectivity index (χ0n) is 9.53. The number of amides is 1. The van der Waals surface area contributed by atoms with Crippen LogP contribution >= 0.6 is 0 Å². The Bertz CT molecular complexity index is 473. The van der Waals surface area contributed by atoms with Crippen LogP contribution in [0, 0.1) is 11.3 Å². The number of nitrogens with zero attached hydrogens (tertiary/aromatic N) is 2. The summed E-state index contributed by atoms with van der Waals surface area (Å²) in [5.74, 6) is -0.228. The fraction of sp³-hybridized carbons (Fsp3) is 0.385. The predicted molar refractivity (Wildman–Crippen MR) is 62.2 cm³/mol. The molecule has 3 nitrogen and oxygen atoms in total. The van der Waals surface area contributed by atoms with E-state index in [1.54, 1.807) is 11.9 Å². The van der Waals surface area contributed by atoms with Crippen LogP contribution in [-0.2, 0) is 11.2 Å². The molecule has 1 amide bonds. The molecule has 16 heavy (non-hydrogen) atoms. The Labute approximate surface area is 95.3 Å². The first-order valence-electron chi connectivity index (χ1n) is 5.47. The van der Waals surface area contributed by atoms with Gasteiger partial charge in [-0.2, -0.15) is 5.26 Å². The number of carbonyl (C=O) groups is 1. The monoisotopic (exact) mass is 214 g/mol. The van der Waals surface area contributed by atoms with Crippen LogP contribution in [0.15, 0.2) is 18.2 Å². The van der Waals surface area contributed by atoms with Gasteiger partial charge in [0.15, 0.2) is 0 Å². The fourth-order valence-corrected chi connectivity index (χ4v) is 2.35. The first-order chi connectivity index (χ1) is 7.70. The summed E-state index contributed by atoms with van der Waals surface area (Å²) < 4.78 is 0. The minimum absolute atomic E-state index is 0.0393. The van der Waals surface area contributed by atoms with Gasteiger partial charge in [0.2, 0.25) is 5.91 Å². The van der Waals surface area contributed by atoms with Crippen molar-refractivity contribution in [3.8, 4) is 6.07 Å². The maximum absolute atomic E-state index is 12.0. The largest absolute Gasteiger partial charge is 0.314 e. The van der Waals surface area contributed by atoms with E-state index >= 15 is 0 Å². The molecule has 0 fully saturated rings. The van der Waals surface area contributed by atoms with E-state index in [9.17, 15) is 4.79 Å². The van der Waals surface area contributed by atoms with E-state index in [4.69, 9.17) is 5.26 Å². The topological polar surface area (TPSA) is 44.1 Å². The quantitative estimate of drug-likeness (QED) is 0.757. The van der Waals surface area contributed by atoms with E-state index < -0.39 is 0 Å². The van der Waals surface area contributed by atoms with E-state index in [0.29, 0.717) is 0 Å². The van der Waals surface area contributed by atoms with E-state index in [0.717, 1.165) is 17.7 Å². The lowest BCUT2D eigenvalue weighted by Crippen LogP contribution is -2.24. The smallest absolute Gasteiger partial charge is 0.235 e. The standard InChI is InChI=1S/C13H14N2O/c1-3-9-5-4-6-10-11(7-8-14)13(16)15(2)12(9)10/h4-6,11H,3,7H2,1-2H3. The molecule has 1 aliphatic heterocycles. The molecule has 0 aliphatic carbocycles. The molecule has 1 unspecified atom stereocenters. The first-order valence-corrected chi connectivity index (χ1v) is 5.47. The maximum Gasteiger partial charge on any atom is 0.235 e. The van der Waals surface area contributed by atoms with Gasteiger partial charge in [0, 0.05) is 7.05 Å². The molecule has 0 radical (unpaired) electrons. The van der Waals surface area contributed by atoms with Gasteiger partial charge in [-0.15, -0.1) is 0 Å². The molecule has 2 rings (SSSR count). The summed E-state index contributed by atoms with van der Waals surface area (Å²) in [4.78, 5) is 13.7. The highest BCUT2D eigenvalue weighted by Gasteiger charge is 2.35. The Balaban J connectivity index is 2.56. The fourth-order valence-electron chi connectivity index (χ4n) is 2.35. The summed E-state index contributed by atoms with van der Waals surface area (Å²) in [6.45, 7) is 2.07. The van der Waals surface area contributed by atoms with Gasteiger partial charge in [0.05, 0.1) is 24.1 Å². The molecule has 1 aromatic carbocycles. The van der Waals surface area contributed by atoms with Gasteiger partial charge >= 0.3 is 0 Å². The summed E-state index contributed by atoms with van der Waals surface area (Å²) >= 11 is 0. The van der Waals surface area contributed by atoms with Crippen LogP contribution in [0.2, 0.25) is 0 Å². The second-order valence-corrected chi connectivity index (χ2v) is 4.02. The lowest BCUT2D eigenvalue weighted by atomic mass is 9.96. The van der Waals surface area contributed by atoms with Crippen molar-refractivity contribution in [1.82, 2.24) is 0 Å². The number of benzene rings is 1. The highest BCUT2D eigenvalue weighted by atomic mass is 16.2. The molecule has 0 N–H and O–H groups in total. The van der Waals surface area contributed by atoms with Crippen LogP contribution in [-0.4, -0.2) is 13.0 Å². The summed E-state index contributed by atoms with van der Waals surface area (Å²) in [7, 11) is 1.79. The average Bonchev–Trinajstić information content (AvgIpc) is 2.55. The van der Waals surface area contributed by atoms with Crippen LogP contribution < -0.4 is 4.90 Å². The number of para-hydroxylation sites is 1. The number of nitriles is 1. The molecule has 0 bridgehead atoms. The molecule has 0 spiro atoms. The number of hydrogen-bond acceptors (Lipinski definition) is 2. The van der Waals surface area contributed by atoms with Crippen LogP contribution in [0.1, 0.15) is 30.4 Å². The van der Waals surface area contributed by atoms with Gasteiger partial charge in [-0.25, -0.2) is 0 Å². The van der Waals surface area contributed by atoms with E-state index in [-0.39, 0.29) is 18.2 Å². The zero-order valence-corrected chi connectivity index (χ0v) is 9.53. The highest BCUT2D eigenvalue weighted by molar-refractivity contribution is 6.05. The second kappa shape index (κ2) is 3.97. The number of fused-ring (bicyclic) bond motifs is 1. The molecule has 0 saturated carbocycles. The summed E-state index contributed by atoms with van der Waals surface area (Å²) in [5, 5.41) is 8.76. The van der Waals surface area contributed by atoms with Crippen molar-refractivity contribution in [3.05, 3.63) is 29.3 Å². The Morgan fingerprint density at radius 3 is 2.88 bits per heavy atom. The molecule has 1 atom stereocenters. The van der Waals surface area contributed by atoms with Gasteiger partial charge in [-0.3, -0.25) is 4.79 Å². The molecular weight excluding hydrogens is 200 g/mol. The lowest BCUT2D eigenvalue weighted by Gasteiger charge is -2.13. The number of likely N-dealkylation sites (N-methyl/N-ethyl adjacent to an activating group) is 1. The number of aryl methyl sites for hydroxylation is 1. The summed E-state index contributed by atoms with van der Waals surface area (Å²) in [5.41, 5.74) is 3.19. The summed E-state index contributed by atoms with van der Waals surface area (Å²) in [6, 6.07) is 8.05. The Morgan fingerprint density at radius 2 is 2.25 bits per heavy atom. The van der Waals surface area contributed by atoms with Gasteiger partial charge in [0.25, 0.3) is 0 Å². The van der Waals surface area contributed by atoms with Crippen molar-refractivity contribution >= 4 is 11.6 Å². The van der Waals surface area contributed by atoms with E-state index in [2.05, 4.69) is 13.0 Å². The molecule has 3 heteroatoms. The van der Waals surface area contributed by atoms with Crippen molar-refractivity contribution in [2.24, 2.45) is 0 Å². The number of carbonyl (C=O) groups excluding carboxylic acids is 1. The van der Waals surface area contributed by atoms with Crippen molar-refractivity contribution in [3.63, 3.8) is 0 Å². The zero-order chi connectivity index (χ0) is 11.7. The molecule has 82 valence electrons. The van der Waals surface area contributed by atoms with E-state index in [1.807, 2.05) is 18.2 Å². The average molecular weight is 214 g/mol. The minimum Gasteiger partial charge on any atom is -0.314 e. The van der Waals surface area contributed by atoms with E-state index in [1.165, 1.54) is 5.56 Å². The van der Waals surface area contributed by atoms with Crippen LogP contribution in [0.25, 0.3) is 0 Å². The third-order valence-electron chi connectivity index (χ3n) is 3.17. The third-order valence-corrected chi connectivity index (χ3v) is 3.17. The molecule has 0 saturated heterocycles.